The molecule has 5 rings (SSSR count). The van der Waals surface area contributed by atoms with Crippen molar-refractivity contribution in [2.45, 2.75) is 0 Å². The van der Waals surface area contributed by atoms with Crippen molar-refractivity contribution in [1.29, 1.82) is 0 Å². The van der Waals surface area contributed by atoms with Crippen LogP contribution < -0.4 is 0 Å². The van der Waals surface area contributed by atoms with E-state index >= 15 is 0 Å². The number of hydrogen-bond acceptors (Lipinski definition) is 3. The molecule has 2 aromatic heterocycles. The molecule has 2 heterocycles. The minimum Gasteiger partial charge on any atom is -0.476 e. The van der Waals surface area contributed by atoms with E-state index in [-0.39, 0.29) is 0 Å². The third-order valence-corrected chi connectivity index (χ3v) is 5.66. The molecule has 0 unspecified atom stereocenters. The number of aromatic nitrogens is 3. The van der Waals surface area contributed by atoms with E-state index in [0.717, 1.165) is 17.0 Å². The molecule has 0 aliphatic rings. The van der Waals surface area contributed by atoms with Crippen LogP contribution in [0.2, 0.25) is 10.0 Å². The average molecular weight is 478 g/mol. The second-order valence-electron chi connectivity index (χ2n) is 7.31. The fraction of sp³-hybridized carbons (Fsp3) is 0. The van der Waals surface area contributed by atoms with Gasteiger partial charge in [-0.1, -0.05) is 53.5 Å². The van der Waals surface area contributed by atoms with Gasteiger partial charge in [-0.3, -0.25) is 4.57 Å². The average Bonchev–Trinajstić information content (AvgIpc) is 3.16. The SMILES string of the molecule is O=C(O)/C(F)=C/c1cn(-c2nc(-c3ccccc3)c3cc(Cl)ccc3n2)c2ccc(Cl)cc12. The van der Waals surface area contributed by atoms with Gasteiger partial charge in [0.05, 0.1) is 16.7 Å². The van der Waals surface area contributed by atoms with Gasteiger partial charge in [0.25, 0.3) is 0 Å². The minimum atomic E-state index is -1.65. The van der Waals surface area contributed by atoms with Gasteiger partial charge >= 0.3 is 5.97 Å². The van der Waals surface area contributed by atoms with Crippen LogP contribution in [0.3, 0.4) is 0 Å². The standard InChI is InChI=1S/C25H14Cl2FN3O2/c26-16-6-8-21-19(12-16)23(14-4-2-1-3-5-14)30-25(29-21)31-13-15(10-20(28)24(32)33)18-11-17(27)7-9-22(18)31/h1-13H,(H,32,33)/b20-10-. The first-order valence-corrected chi connectivity index (χ1v) is 10.6. The van der Waals surface area contributed by atoms with E-state index in [0.29, 0.717) is 43.7 Å². The number of rotatable bonds is 4. The minimum absolute atomic E-state index is 0.339. The molecule has 0 aliphatic carbocycles. The van der Waals surface area contributed by atoms with E-state index in [1.165, 1.54) is 0 Å². The molecule has 3 aromatic carbocycles. The molecule has 5 nitrogen and oxygen atoms in total. The van der Waals surface area contributed by atoms with Crippen molar-refractivity contribution in [1.82, 2.24) is 14.5 Å². The summed E-state index contributed by atoms with van der Waals surface area (Å²) in [6, 6.07) is 20.1. The van der Waals surface area contributed by atoms with Crippen molar-refractivity contribution in [3.05, 3.63) is 94.4 Å². The maximum Gasteiger partial charge on any atom is 0.364 e. The lowest BCUT2D eigenvalue weighted by atomic mass is 10.1. The molecular formula is C25H14Cl2FN3O2. The highest BCUT2D eigenvalue weighted by Gasteiger charge is 2.17. The Labute approximate surface area is 197 Å². The molecule has 0 aliphatic heterocycles. The molecule has 0 bridgehead atoms. The zero-order valence-corrected chi connectivity index (χ0v) is 18.3. The van der Waals surface area contributed by atoms with Crippen molar-refractivity contribution < 1.29 is 14.3 Å². The number of nitrogens with zero attached hydrogens (tertiary/aromatic N) is 3. The Kier molecular flexibility index (Phi) is 5.32. The summed E-state index contributed by atoms with van der Waals surface area (Å²) in [7, 11) is 0. The molecule has 0 radical (unpaired) electrons. The highest BCUT2D eigenvalue weighted by Crippen LogP contribution is 2.32. The lowest BCUT2D eigenvalue weighted by Crippen LogP contribution is -2.02. The summed E-state index contributed by atoms with van der Waals surface area (Å²) >= 11 is 12.4. The summed E-state index contributed by atoms with van der Waals surface area (Å²) in [6.07, 6.45) is 2.55. The first-order chi connectivity index (χ1) is 15.9. The Morgan fingerprint density at radius 1 is 0.939 bits per heavy atom. The predicted octanol–water partition coefficient (Wildman–Crippen LogP) is 6.94. The van der Waals surface area contributed by atoms with Crippen molar-refractivity contribution in [3.8, 4) is 17.2 Å². The molecule has 0 atom stereocenters. The van der Waals surface area contributed by atoms with Crippen molar-refractivity contribution in [2.24, 2.45) is 0 Å². The smallest absolute Gasteiger partial charge is 0.364 e. The molecular weight excluding hydrogens is 464 g/mol. The third kappa shape index (κ3) is 3.95. The zero-order valence-electron chi connectivity index (χ0n) is 16.8. The molecule has 0 amide bonds. The molecule has 0 saturated carbocycles. The number of carboxylic acids is 1. The van der Waals surface area contributed by atoms with Gasteiger partial charge in [-0.2, -0.15) is 4.39 Å². The van der Waals surface area contributed by atoms with E-state index < -0.39 is 11.8 Å². The molecule has 8 heteroatoms. The fourth-order valence-electron chi connectivity index (χ4n) is 3.72. The van der Waals surface area contributed by atoms with Gasteiger partial charge in [0.1, 0.15) is 0 Å². The van der Waals surface area contributed by atoms with E-state index in [1.807, 2.05) is 42.5 Å². The monoisotopic (exact) mass is 477 g/mol. The molecule has 0 saturated heterocycles. The van der Waals surface area contributed by atoms with E-state index in [2.05, 4.69) is 0 Å². The summed E-state index contributed by atoms with van der Waals surface area (Å²) in [5.74, 6) is -2.59. The molecule has 162 valence electrons. The third-order valence-electron chi connectivity index (χ3n) is 5.19. The van der Waals surface area contributed by atoms with Crippen molar-refractivity contribution in [3.63, 3.8) is 0 Å². The number of aliphatic carboxylic acids is 1. The summed E-state index contributed by atoms with van der Waals surface area (Å²) in [5, 5.41) is 11.3. The van der Waals surface area contributed by atoms with Gasteiger partial charge < -0.3 is 5.11 Å². The maximum absolute atomic E-state index is 14.0. The van der Waals surface area contributed by atoms with Crippen LogP contribution in [0.1, 0.15) is 5.56 Å². The number of carbonyl (C=O) groups is 1. The van der Waals surface area contributed by atoms with Gasteiger partial charge in [-0.25, -0.2) is 14.8 Å². The Bertz CT molecular complexity index is 1580. The molecule has 0 spiro atoms. The number of carboxylic acid groups (broad SMARTS) is 1. The highest BCUT2D eigenvalue weighted by molar-refractivity contribution is 6.31. The quantitative estimate of drug-likeness (QED) is 0.284. The predicted molar refractivity (Wildman–Crippen MR) is 129 cm³/mol. The number of fused-ring (bicyclic) bond motifs is 2. The maximum atomic E-state index is 14.0. The number of hydrogen-bond donors (Lipinski definition) is 1. The van der Waals surface area contributed by atoms with Crippen LogP contribution in [-0.2, 0) is 4.79 Å². The lowest BCUT2D eigenvalue weighted by molar-refractivity contribution is -0.134. The largest absolute Gasteiger partial charge is 0.476 e. The molecule has 33 heavy (non-hydrogen) atoms. The van der Waals surface area contributed by atoms with E-state index in [4.69, 9.17) is 38.3 Å². The topological polar surface area (TPSA) is 68.0 Å². The molecule has 1 N–H and O–H groups in total. The highest BCUT2D eigenvalue weighted by atomic mass is 35.5. The van der Waals surface area contributed by atoms with Gasteiger partial charge in [0.2, 0.25) is 11.8 Å². The summed E-state index contributed by atoms with van der Waals surface area (Å²) < 4.78 is 15.6. The number of benzene rings is 3. The van der Waals surface area contributed by atoms with Gasteiger partial charge in [-0.15, -0.1) is 0 Å². The normalized spacial score (nSPS) is 11.9. The number of halogens is 3. The summed E-state index contributed by atoms with van der Waals surface area (Å²) in [5.41, 5.74) is 3.23. The van der Waals surface area contributed by atoms with E-state index in [1.54, 1.807) is 35.0 Å². The van der Waals surface area contributed by atoms with Crippen molar-refractivity contribution in [2.75, 3.05) is 0 Å². The van der Waals surface area contributed by atoms with Crippen LogP contribution in [0, 0.1) is 0 Å². The van der Waals surface area contributed by atoms with Gasteiger partial charge in [0.15, 0.2) is 0 Å². The molecule has 5 aromatic rings. The Hall–Kier alpha value is -3.74. The van der Waals surface area contributed by atoms with Crippen LogP contribution >= 0.6 is 23.2 Å². The van der Waals surface area contributed by atoms with Gasteiger partial charge in [-0.05, 0) is 42.5 Å². The van der Waals surface area contributed by atoms with Crippen LogP contribution in [0.25, 0.3) is 45.1 Å². The van der Waals surface area contributed by atoms with Gasteiger partial charge in [0, 0.05) is 38.1 Å². The van der Waals surface area contributed by atoms with Crippen LogP contribution in [0.5, 0.6) is 0 Å². The lowest BCUT2D eigenvalue weighted by Gasteiger charge is -2.11. The Morgan fingerprint density at radius 2 is 1.64 bits per heavy atom. The summed E-state index contributed by atoms with van der Waals surface area (Å²) in [4.78, 5) is 20.6. The second-order valence-corrected chi connectivity index (χ2v) is 8.19. The first kappa shape index (κ1) is 21.1. The zero-order chi connectivity index (χ0) is 23.1. The van der Waals surface area contributed by atoms with E-state index in [9.17, 15) is 9.18 Å². The Balaban J connectivity index is 1.81. The van der Waals surface area contributed by atoms with Crippen molar-refractivity contribution >= 4 is 57.1 Å². The fourth-order valence-corrected chi connectivity index (χ4v) is 4.06. The van der Waals surface area contributed by atoms with Crippen LogP contribution in [0.4, 0.5) is 4.39 Å². The summed E-state index contributed by atoms with van der Waals surface area (Å²) in [6.45, 7) is 0. The van der Waals surface area contributed by atoms with Crippen LogP contribution in [-0.4, -0.2) is 25.6 Å². The second kappa shape index (κ2) is 8.31. The Morgan fingerprint density at radius 3 is 2.36 bits per heavy atom. The first-order valence-electron chi connectivity index (χ1n) is 9.85. The molecule has 0 fully saturated rings. The van der Waals surface area contributed by atoms with Crippen LogP contribution in [0.15, 0.2) is 78.8 Å².